The Morgan fingerprint density at radius 3 is 2.67 bits per heavy atom. The lowest BCUT2D eigenvalue weighted by Gasteiger charge is -2.10. The van der Waals surface area contributed by atoms with Crippen molar-refractivity contribution >= 4 is 17.7 Å². The summed E-state index contributed by atoms with van der Waals surface area (Å²) in [5.74, 6) is -0.171. The SMILES string of the molecule is O=C(O)Cc1ccc(NC(=O)NCCC2CCCC2)cn1. The van der Waals surface area contributed by atoms with Crippen LogP contribution in [0.15, 0.2) is 18.3 Å². The van der Waals surface area contributed by atoms with Gasteiger partial charge in [-0.15, -0.1) is 0 Å². The van der Waals surface area contributed by atoms with Gasteiger partial charge in [-0.3, -0.25) is 9.78 Å². The van der Waals surface area contributed by atoms with Gasteiger partial charge in [0.25, 0.3) is 0 Å². The third kappa shape index (κ3) is 5.41. The summed E-state index contributed by atoms with van der Waals surface area (Å²) in [6, 6.07) is 3.00. The van der Waals surface area contributed by atoms with Gasteiger partial charge in [-0.2, -0.15) is 0 Å². The first-order chi connectivity index (χ1) is 10.1. The van der Waals surface area contributed by atoms with Crippen molar-refractivity contribution < 1.29 is 14.7 Å². The number of amides is 2. The van der Waals surface area contributed by atoms with Crippen molar-refractivity contribution in [3.63, 3.8) is 0 Å². The molecular formula is C15H21N3O3. The van der Waals surface area contributed by atoms with Crippen LogP contribution in [0.4, 0.5) is 10.5 Å². The molecule has 6 nitrogen and oxygen atoms in total. The molecule has 2 rings (SSSR count). The van der Waals surface area contributed by atoms with Crippen LogP contribution in [-0.4, -0.2) is 28.6 Å². The van der Waals surface area contributed by atoms with Gasteiger partial charge in [0.15, 0.2) is 0 Å². The second-order valence-corrected chi connectivity index (χ2v) is 5.43. The standard InChI is InChI=1S/C15H21N3O3/c19-14(20)9-12-5-6-13(10-17-12)18-15(21)16-8-7-11-3-1-2-4-11/h5-6,10-11H,1-4,7-9H2,(H,19,20)(H2,16,18,21). The molecule has 0 unspecified atom stereocenters. The number of carbonyl (C=O) groups is 2. The molecule has 0 atom stereocenters. The van der Waals surface area contributed by atoms with Crippen molar-refractivity contribution in [1.82, 2.24) is 10.3 Å². The van der Waals surface area contributed by atoms with Gasteiger partial charge in [0, 0.05) is 6.54 Å². The Bertz CT molecular complexity index is 481. The molecule has 1 aromatic rings. The number of pyridine rings is 1. The molecule has 21 heavy (non-hydrogen) atoms. The van der Waals surface area contributed by atoms with Crippen molar-refractivity contribution in [2.24, 2.45) is 5.92 Å². The molecule has 0 aromatic carbocycles. The van der Waals surface area contributed by atoms with Crippen molar-refractivity contribution in [2.75, 3.05) is 11.9 Å². The van der Waals surface area contributed by atoms with Crippen molar-refractivity contribution in [1.29, 1.82) is 0 Å². The number of carboxylic acids is 1. The molecule has 1 saturated carbocycles. The van der Waals surface area contributed by atoms with Crippen LogP contribution < -0.4 is 10.6 Å². The van der Waals surface area contributed by atoms with E-state index in [9.17, 15) is 9.59 Å². The fourth-order valence-corrected chi connectivity index (χ4v) is 2.62. The van der Waals surface area contributed by atoms with Crippen LogP contribution in [-0.2, 0) is 11.2 Å². The van der Waals surface area contributed by atoms with E-state index in [1.807, 2.05) is 0 Å². The van der Waals surface area contributed by atoms with Crippen LogP contribution in [0.2, 0.25) is 0 Å². The number of anilines is 1. The number of nitrogens with zero attached hydrogens (tertiary/aromatic N) is 1. The Labute approximate surface area is 124 Å². The molecule has 1 aliphatic carbocycles. The molecule has 0 saturated heterocycles. The van der Waals surface area contributed by atoms with Crippen LogP contribution in [0.25, 0.3) is 0 Å². The number of aliphatic carboxylic acids is 1. The van der Waals surface area contributed by atoms with Crippen LogP contribution in [0.3, 0.4) is 0 Å². The highest BCUT2D eigenvalue weighted by atomic mass is 16.4. The average molecular weight is 291 g/mol. The van der Waals surface area contributed by atoms with Crippen molar-refractivity contribution in [3.05, 3.63) is 24.0 Å². The zero-order valence-electron chi connectivity index (χ0n) is 12.0. The van der Waals surface area contributed by atoms with E-state index in [4.69, 9.17) is 5.11 Å². The zero-order valence-corrected chi connectivity index (χ0v) is 12.0. The van der Waals surface area contributed by atoms with Gasteiger partial charge < -0.3 is 15.7 Å². The fourth-order valence-electron chi connectivity index (χ4n) is 2.62. The Kier molecular flexibility index (Phi) is 5.54. The number of carboxylic acid groups (broad SMARTS) is 1. The smallest absolute Gasteiger partial charge is 0.319 e. The zero-order chi connectivity index (χ0) is 15.1. The molecule has 0 bridgehead atoms. The lowest BCUT2D eigenvalue weighted by molar-refractivity contribution is -0.136. The minimum absolute atomic E-state index is 0.117. The predicted molar refractivity (Wildman–Crippen MR) is 79.2 cm³/mol. The largest absolute Gasteiger partial charge is 0.481 e. The summed E-state index contributed by atoms with van der Waals surface area (Å²) in [7, 11) is 0. The normalized spacial score (nSPS) is 14.9. The van der Waals surface area contributed by atoms with Gasteiger partial charge in [0.2, 0.25) is 0 Å². The topological polar surface area (TPSA) is 91.3 Å². The summed E-state index contributed by atoms with van der Waals surface area (Å²) in [6.07, 6.45) is 7.55. The molecule has 114 valence electrons. The van der Waals surface area contributed by atoms with Crippen molar-refractivity contribution in [3.8, 4) is 0 Å². The first kappa shape index (κ1) is 15.3. The van der Waals surface area contributed by atoms with Gasteiger partial charge in [0.1, 0.15) is 0 Å². The summed E-state index contributed by atoms with van der Waals surface area (Å²) in [5.41, 5.74) is 1.03. The number of urea groups is 1. The van der Waals surface area contributed by atoms with Crippen molar-refractivity contribution in [2.45, 2.75) is 38.5 Å². The van der Waals surface area contributed by atoms with E-state index >= 15 is 0 Å². The number of hydrogen-bond acceptors (Lipinski definition) is 3. The minimum Gasteiger partial charge on any atom is -0.481 e. The maximum Gasteiger partial charge on any atom is 0.319 e. The molecule has 1 fully saturated rings. The highest BCUT2D eigenvalue weighted by Gasteiger charge is 2.14. The second-order valence-electron chi connectivity index (χ2n) is 5.43. The Morgan fingerprint density at radius 1 is 1.29 bits per heavy atom. The predicted octanol–water partition coefficient (Wildman–Crippen LogP) is 2.41. The quantitative estimate of drug-likeness (QED) is 0.750. The fraction of sp³-hybridized carbons (Fsp3) is 0.533. The van der Waals surface area contributed by atoms with E-state index in [0.29, 0.717) is 17.9 Å². The summed E-state index contributed by atoms with van der Waals surface area (Å²) in [6.45, 7) is 0.682. The second kappa shape index (κ2) is 7.61. The highest BCUT2D eigenvalue weighted by Crippen LogP contribution is 2.26. The maximum atomic E-state index is 11.7. The number of rotatable bonds is 6. The number of nitrogens with one attached hydrogen (secondary N) is 2. The lowest BCUT2D eigenvalue weighted by atomic mass is 10.0. The summed E-state index contributed by atoms with van der Waals surface area (Å²) >= 11 is 0. The highest BCUT2D eigenvalue weighted by molar-refractivity contribution is 5.89. The molecule has 1 aromatic heterocycles. The summed E-state index contributed by atoms with van der Waals surface area (Å²) in [4.78, 5) is 26.2. The van der Waals surface area contributed by atoms with Gasteiger partial charge in [0.05, 0.1) is 24.0 Å². The third-order valence-electron chi connectivity index (χ3n) is 3.73. The van der Waals surface area contributed by atoms with E-state index < -0.39 is 5.97 Å². The van der Waals surface area contributed by atoms with E-state index in [1.165, 1.54) is 31.9 Å². The van der Waals surface area contributed by atoms with Crippen LogP contribution >= 0.6 is 0 Å². The van der Waals surface area contributed by atoms with Crippen LogP contribution in [0.5, 0.6) is 0 Å². The maximum absolute atomic E-state index is 11.7. The average Bonchev–Trinajstić information content (AvgIpc) is 2.93. The summed E-state index contributed by atoms with van der Waals surface area (Å²) < 4.78 is 0. The monoisotopic (exact) mass is 291 g/mol. The Balaban J connectivity index is 1.70. The minimum atomic E-state index is -0.923. The molecule has 0 spiro atoms. The number of hydrogen-bond donors (Lipinski definition) is 3. The van der Waals surface area contributed by atoms with Crippen LogP contribution in [0.1, 0.15) is 37.8 Å². The molecular weight excluding hydrogens is 270 g/mol. The van der Waals surface area contributed by atoms with Gasteiger partial charge in [-0.25, -0.2) is 4.79 Å². The van der Waals surface area contributed by atoms with E-state index in [-0.39, 0.29) is 12.5 Å². The van der Waals surface area contributed by atoms with Crippen LogP contribution in [0, 0.1) is 5.92 Å². The molecule has 1 aliphatic rings. The first-order valence-corrected chi connectivity index (χ1v) is 7.35. The van der Waals surface area contributed by atoms with E-state index in [2.05, 4.69) is 15.6 Å². The molecule has 3 N–H and O–H groups in total. The van der Waals surface area contributed by atoms with Gasteiger partial charge in [-0.05, 0) is 24.5 Å². The van der Waals surface area contributed by atoms with E-state index in [1.54, 1.807) is 12.1 Å². The molecule has 2 amide bonds. The van der Waals surface area contributed by atoms with E-state index in [0.717, 1.165) is 12.3 Å². The molecule has 6 heteroatoms. The molecule has 0 radical (unpaired) electrons. The third-order valence-corrected chi connectivity index (χ3v) is 3.73. The molecule has 1 heterocycles. The summed E-state index contributed by atoms with van der Waals surface area (Å²) in [5, 5.41) is 14.2. The lowest BCUT2D eigenvalue weighted by Crippen LogP contribution is -2.30. The van der Waals surface area contributed by atoms with Gasteiger partial charge in [-0.1, -0.05) is 25.7 Å². The first-order valence-electron chi connectivity index (χ1n) is 7.35. The number of aromatic nitrogens is 1. The Morgan fingerprint density at radius 2 is 2.05 bits per heavy atom. The number of carbonyl (C=O) groups excluding carboxylic acids is 1. The van der Waals surface area contributed by atoms with Gasteiger partial charge >= 0.3 is 12.0 Å². The Hall–Kier alpha value is -2.11. The molecule has 0 aliphatic heterocycles.